The zero-order valence-corrected chi connectivity index (χ0v) is 21.2. The van der Waals surface area contributed by atoms with Gasteiger partial charge >= 0.3 is 0 Å². The molecule has 4 rings (SSSR count). The number of amides is 1. The van der Waals surface area contributed by atoms with Crippen molar-refractivity contribution < 1.29 is 24.2 Å². The summed E-state index contributed by atoms with van der Waals surface area (Å²) in [6, 6.07) is 14.2. The molecule has 2 heterocycles. The third-order valence-electron chi connectivity index (χ3n) is 6.80. The molecule has 2 aliphatic heterocycles. The van der Waals surface area contributed by atoms with Crippen LogP contribution in [0.3, 0.4) is 0 Å². The first-order valence-electron chi connectivity index (χ1n) is 12.9. The number of hydrogen-bond acceptors (Lipinski definition) is 6. The van der Waals surface area contributed by atoms with Gasteiger partial charge in [-0.3, -0.25) is 14.5 Å². The highest BCUT2D eigenvalue weighted by Gasteiger charge is 2.45. The second-order valence-electron chi connectivity index (χ2n) is 9.44. The van der Waals surface area contributed by atoms with Crippen LogP contribution in [0, 0.1) is 6.92 Å². The summed E-state index contributed by atoms with van der Waals surface area (Å²) in [5.41, 5.74) is 2.48. The van der Waals surface area contributed by atoms with Crippen molar-refractivity contribution in [3.63, 3.8) is 0 Å². The van der Waals surface area contributed by atoms with Gasteiger partial charge in [0.05, 0.1) is 31.4 Å². The van der Waals surface area contributed by atoms with Crippen LogP contribution in [0.4, 0.5) is 0 Å². The van der Waals surface area contributed by atoms with Crippen molar-refractivity contribution in [3.8, 4) is 5.75 Å². The Kier molecular flexibility index (Phi) is 8.78. The minimum Gasteiger partial charge on any atom is -0.507 e. The van der Waals surface area contributed by atoms with E-state index in [4.69, 9.17) is 9.47 Å². The maximum Gasteiger partial charge on any atom is 0.295 e. The van der Waals surface area contributed by atoms with Gasteiger partial charge in [-0.05, 0) is 37.5 Å². The van der Waals surface area contributed by atoms with Crippen LogP contribution in [-0.4, -0.2) is 72.6 Å². The fourth-order valence-electron chi connectivity index (χ4n) is 4.69. The van der Waals surface area contributed by atoms with Crippen molar-refractivity contribution >= 4 is 17.4 Å². The number of ketones is 1. The van der Waals surface area contributed by atoms with E-state index in [0.717, 1.165) is 55.8 Å². The van der Waals surface area contributed by atoms with Gasteiger partial charge in [-0.1, -0.05) is 55.3 Å². The summed E-state index contributed by atoms with van der Waals surface area (Å²) in [6.45, 7) is 9.13. The molecule has 1 unspecified atom stereocenters. The van der Waals surface area contributed by atoms with E-state index in [1.54, 1.807) is 17.0 Å². The van der Waals surface area contributed by atoms with Gasteiger partial charge in [-0.2, -0.15) is 0 Å². The number of morpholine rings is 1. The van der Waals surface area contributed by atoms with E-state index >= 15 is 0 Å². The summed E-state index contributed by atoms with van der Waals surface area (Å²) in [5, 5.41) is 11.2. The van der Waals surface area contributed by atoms with Crippen molar-refractivity contribution in [1.82, 2.24) is 9.80 Å². The molecule has 2 aromatic rings. The largest absolute Gasteiger partial charge is 0.507 e. The SMILES string of the molecule is CCCCOc1ccc(C2/C(=C(\O)c3ccc(C)cc3)C(=O)C(=O)N2CCCN2CCOCC2)cc1. The second kappa shape index (κ2) is 12.2. The average molecular weight is 493 g/mol. The fraction of sp³-hybridized carbons (Fsp3) is 0.448. The summed E-state index contributed by atoms with van der Waals surface area (Å²) in [7, 11) is 0. The molecule has 192 valence electrons. The summed E-state index contributed by atoms with van der Waals surface area (Å²) in [4.78, 5) is 30.3. The highest BCUT2D eigenvalue weighted by Crippen LogP contribution is 2.40. The van der Waals surface area contributed by atoms with E-state index in [1.165, 1.54) is 0 Å². The smallest absolute Gasteiger partial charge is 0.295 e. The van der Waals surface area contributed by atoms with Crippen molar-refractivity contribution in [2.24, 2.45) is 0 Å². The Bertz CT molecular complexity index is 1070. The van der Waals surface area contributed by atoms with Crippen molar-refractivity contribution in [1.29, 1.82) is 0 Å². The number of unbranched alkanes of at least 4 members (excludes halogenated alkanes) is 1. The number of aliphatic hydroxyl groups is 1. The van der Waals surface area contributed by atoms with E-state index in [-0.39, 0.29) is 11.3 Å². The monoisotopic (exact) mass is 492 g/mol. The average Bonchev–Trinajstić information content (AvgIpc) is 3.15. The zero-order valence-electron chi connectivity index (χ0n) is 21.2. The lowest BCUT2D eigenvalue weighted by molar-refractivity contribution is -0.140. The molecule has 7 nitrogen and oxygen atoms in total. The highest BCUT2D eigenvalue weighted by molar-refractivity contribution is 6.46. The quantitative estimate of drug-likeness (QED) is 0.230. The predicted molar refractivity (Wildman–Crippen MR) is 139 cm³/mol. The Balaban J connectivity index is 1.62. The number of aliphatic hydroxyl groups excluding tert-OH is 1. The van der Waals surface area contributed by atoms with E-state index in [2.05, 4.69) is 11.8 Å². The molecule has 36 heavy (non-hydrogen) atoms. The molecule has 7 heteroatoms. The molecule has 0 aromatic heterocycles. The van der Waals surface area contributed by atoms with Crippen LogP contribution in [0.2, 0.25) is 0 Å². The van der Waals surface area contributed by atoms with Crippen LogP contribution in [-0.2, 0) is 14.3 Å². The highest BCUT2D eigenvalue weighted by atomic mass is 16.5. The van der Waals surface area contributed by atoms with Gasteiger partial charge in [-0.25, -0.2) is 0 Å². The topological polar surface area (TPSA) is 79.3 Å². The van der Waals surface area contributed by atoms with Gasteiger partial charge in [0.15, 0.2) is 0 Å². The number of Topliss-reactive ketones (excluding diaryl/α,β-unsaturated/α-hetero) is 1. The van der Waals surface area contributed by atoms with Crippen LogP contribution < -0.4 is 4.74 Å². The Hall–Kier alpha value is -3.16. The summed E-state index contributed by atoms with van der Waals surface area (Å²) in [6.07, 6.45) is 2.75. The molecule has 0 spiro atoms. The minimum atomic E-state index is -0.652. The zero-order chi connectivity index (χ0) is 25.5. The van der Waals surface area contributed by atoms with Crippen molar-refractivity contribution in [3.05, 3.63) is 70.8 Å². The number of rotatable bonds is 10. The van der Waals surface area contributed by atoms with Gasteiger partial charge in [0, 0.05) is 31.7 Å². The third-order valence-corrected chi connectivity index (χ3v) is 6.80. The first-order chi connectivity index (χ1) is 17.5. The van der Waals surface area contributed by atoms with E-state index in [0.29, 0.717) is 31.9 Å². The molecule has 1 atom stereocenters. The first kappa shape index (κ1) is 25.9. The summed E-state index contributed by atoms with van der Waals surface area (Å²) >= 11 is 0. The van der Waals surface area contributed by atoms with Gasteiger partial charge < -0.3 is 19.5 Å². The number of hydrogen-bond donors (Lipinski definition) is 1. The lowest BCUT2D eigenvalue weighted by Crippen LogP contribution is -2.38. The first-order valence-corrected chi connectivity index (χ1v) is 12.9. The van der Waals surface area contributed by atoms with Crippen LogP contribution in [0.5, 0.6) is 5.75 Å². The normalized spacial score (nSPS) is 20.2. The van der Waals surface area contributed by atoms with Crippen LogP contribution in [0.15, 0.2) is 54.1 Å². The van der Waals surface area contributed by atoms with Gasteiger partial charge in [-0.15, -0.1) is 0 Å². The lowest BCUT2D eigenvalue weighted by atomic mass is 9.95. The van der Waals surface area contributed by atoms with Gasteiger partial charge in [0.2, 0.25) is 0 Å². The number of carbonyl (C=O) groups excluding carboxylic acids is 2. The molecule has 0 saturated carbocycles. The third kappa shape index (κ3) is 5.97. The number of aryl methyl sites for hydroxylation is 1. The number of carbonyl (C=O) groups is 2. The molecule has 2 fully saturated rings. The summed E-state index contributed by atoms with van der Waals surface area (Å²) < 4.78 is 11.2. The molecule has 0 aliphatic carbocycles. The lowest BCUT2D eigenvalue weighted by Gasteiger charge is -2.29. The molecular weight excluding hydrogens is 456 g/mol. The van der Waals surface area contributed by atoms with Gasteiger partial charge in [0.1, 0.15) is 11.5 Å². The number of likely N-dealkylation sites (tertiary alicyclic amines) is 1. The maximum atomic E-state index is 13.2. The van der Waals surface area contributed by atoms with E-state index in [9.17, 15) is 14.7 Å². The van der Waals surface area contributed by atoms with Crippen LogP contribution >= 0.6 is 0 Å². The van der Waals surface area contributed by atoms with Crippen LogP contribution in [0.25, 0.3) is 5.76 Å². The molecule has 2 aromatic carbocycles. The Labute approximate surface area is 213 Å². The van der Waals surface area contributed by atoms with E-state index in [1.807, 2.05) is 43.3 Å². The Morgan fingerprint density at radius 3 is 2.36 bits per heavy atom. The number of benzene rings is 2. The minimum absolute atomic E-state index is 0.134. The predicted octanol–water partition coefficient (Wildman–Crippen LogP) is 4.32. The molecule has 2 aliphatic rings. The Morgan fingerprint density at radius 1 is 1.00 bits per heavy atom. The number of nitrogens with zero attached hydrogens (tertiary/aromatic N) is 2. The van der Waals surface area contributed by atoms with Gasteiger partial charge in [0.25, 0.3) is 11.7 Å². The molecular formula is C29H36N2O5. The maximum absolute atomic E-state index is 13.2. The van der Waals surface area contributed by atoms with Crippen molar-refractivity contribution in [2.75, 3.05) is 46.0 Å². The Morgan fingerprint density at radius 2 is 1.69 bits per heavy atom. The fourth-order valence-corrected chi connectivity index (χ4v) is 4.69. The standard InChI is InChI=1S/C29H36N2O5/c1-3-4-18-36-24-12-10-22(11-13-24)26-25(27(32)23-8-6-21(2)7-9-23)28(33)29(34)31(26)15-5-14-30-16-19-35-20-17-30/h6-13,26,32H,3-5,14-20H2,1-2H3/b27-25+. The van der Waals surface area contributed by atoms with Crippen LogP contribution in [0.1, 0.15) is 48.9 Å². The number of ether oxygens (including phenoxy) is 2. The molecule has 1 amide bonds. The second-order valence-corrected chi connectivity index (χ2v) is 9.44. The molecule has 2 saturated heterocycles. The molecule has 0 bridgehead atoms. The summed E-state index contributed by atoms with van der Waals surface area (Å²) in [5.74, 6) is -0.612. The molecule has 0 radical (unpaired) electrons. The molecule has 1 N–H and O–H groups in total. The van der Waals surface area contributed by atoms with E-state index < -0.39 is 17.7 Å². The van der Waals surface area contributed by atoms with Crippen molar-refractivity contribution in [2.45, 2.75) is 39.2 Å².